The molecule has 90 valence electrons. The lowest BCUT2D eigenvalue weighted by atomic mass is 10.1. The quantitative estimate of drug-likeness (QED) is 0.789. The minimum Gasteiger partial charge on any atom is -0.478 e. The Balaban J connectivity index is 2.76. The molecule has 2 aromatic rings. The molecular weight excluding hydrogens is 220 g/mol. The minimum atomic E-state index is -1.03. The van der Waals surface area contributed by atoms with E-state index in [9.17, 15) is 9.59 Å². The molecule has 0 fully saturated rings. The maximum absolute atomic E-state index is 12.1. The van der Waals surface area contributed by atoms with Crippen molar-refractivity contribution in [3.63, 3.8) is 0 Å². The molecule has 0 unspecified atom stereocenters. The van der Waals surface area contributed by atoms with Crippen LogP contribution < -0.4 is 5.56 Å². The van der Waals surface area contributed by atoms with Gasteiger partial charge in [0.15, 0.2) is 0 Å². The second kappa shape index (κ2) is 3.48. The van der Waals surface area contributed by atoms with Crippen molar-refractivity contribution < 1.29 is 9.90 Å². The van der Waals surface area contributed by atoms with Gasteiger partial charge in [-0.25, -0.2) is 9.48 Å². The third-order valence-electron chi connectivity index (χ3n) is 2.60. The van der Waals surface area contributed by atoms with Gasteiger partial charge in [0.1, 0.15) is 0 Å². The summed E-state index contributed by atoms with van der Waals surface area (Å²) in [6.45, 7) is 5.71. The van der Waals surface area contributed by atoms with Gasteiger partial charge in [-0.3, -0.25) is 9.89 Å². The van der Waals surface area contributed by atoms with E-state index in [0.717, 1.165) is 0 Å². The summed E-state index contributed by atoms with van der Waals surface area (Å²) in [4.78, 5) is 22.9. The Morgan fingerprint density at radius 3 is 2.53 bits per heavy atom. The number of fused-ring (bicyclic) bond motifs is 1. The molecule has 0 bridgehead atoms. The number of benzene rings is 1. The van der Waals surface area contributed by atoms with Crippen LogP contribution in [0.15, 0.2) is 23.0 Å². The zero-order chi connectivity index (χ0) is 12.8. The molecule has 0 aliphatic heterocycles. The normalized spacial score (nSPS) is 11.9. The molecular formula is C12H14N2O3. The van der Waals surface area contributed by atoms with E-state index in [1.54, 1.807) is 6.07 Å². The zero-order valence-corrected chi connectivity index (χ0v) is 9.94. The Kier molecular flexibility index (Phi) is 2.34. The van der Waals surface area contributed by atoms with E-state index in [-0.39, 0.29) is 16.7 Å². The summed E-state index contributed by atoms with van der Waals surface area (Å²) in [5, 5.41) is 12.3. The number of carbonyl (C=O) groups is 1. The van der Waals surface area contributed by atoms with E-state index in [1.807, 2.05) is 20.8 Å². The Hall–Kier alpha value is -2.04. The predicted molar refractivity (Wildman–Crippen MR) is 64.5 cm³/mol. The number of H-pyrrole nitrogens is 1. The van der Waals surface area contributed by atoms with Crippen LogP contribution >= 0.6 is 0 Å². The lowest BCUT2D eigenvalue weighted by Gasteiger charge is -2.18. The maximum atomic E-state index is 12.1. The summed E-state index contributed by atoms with van der Waals surface area (Å²) in [5.74, 6) is -1.03. The van der Waals surface area contributed by atoms with Crippen molar-refractivity contribution in [3.8, 4) is 0 Å². The molecule has 0 aliphatic rings. The van der Waals surface area contributed by atoms with Crippen LogP contribution in [0, 0.1) is 0 Å². The van der Waals surface area contributed by atoms with E-state index in [1.165, 1.54) is 16.8 Å². The van der Waals surface area contributed by atoms with Gasteiger partial charge in [-0.1, -0.05) is 0 Å². The highest BCUT2D eigenvalue weighted by atomic mass is 16.4. The monoisotopic (exact) mass is 234 g/mol. The van der Waals surface area contributed by atoms with Crippen molar-refractivity contribution in [2.45, 2.75) is 26.3 Å². The first-order valence-electron chi connectivity index (χ1n) is 5.29. The number of nitrogens with zero attached hydrogens (tertiary/aromatic N) is 1. The molecule has 1 aromatic heterocycles. The number of carboxylic acid groups (broad SMARTS) is 1. The fourth-order valence-electron chi connectivity index (χ4n) is 1.72. The van der Waals surface area contributed by atoms with Crippen molar-refractivity contribution in [1.82, 2.24) is 9.78 Å². The van der Waals surface area contributed by atoms with Crippen molar-refractivity contribution in [1.29, 1.82) is 0 Å². The van der Waals surface area contributed by atoms with Crippen LogP contribution in [-0.4, -0.2) is 20.9 Å². The maximum Gasteiger partial charge on any atom is 0.335 e. The molecule has 17 heavy (non-hydrogen) atoms. The molecule has 0 saturated carbocycles. The van der Waals surface area contributed by atoms with Crippen LogP contribution in [0.3, 0.4) is 0 Å². The first-order chi connectivity index (χ1) is 7.80. The summed E-state index contributed by atoms with van der Waals surface area (Å²) in [7, 11) is 0. The fraction of sp³-hybridized carbons (Fsp3) is 0.333. The molecule has 5 nitrogen and oxygen atoms in total. The molecule has 5 heteroatoms. The van der Waals surface area contributed by atoms with Gasteiger partial charge in [0.25, 0.3) is 5.56 Å². The van der Waals surface area contributed by atoms with Gasteiger partial charge < -0.3 is 5.11 Å². The molecule has 2 rings (SSSR count). The molecule has 0 saturated heterocycles. The molecule has 0 amide bonds. The van der Waals surface area contributed by atoms with Crippen LogP contribution in [0.2, 0.25) is 0 Å². The number of carboxylic acids is 1. The summed E-state index contributed by atoms with van der Waals surface area (Å²) in [6.07, 6.45) is 0. The average Bonchev–Trinajstić information content (AvgIpc) is 2.55. The fourth-order valence-corrected chi connectivity index (χ4v) is 1.72. The van der Waals surface area contributed by atoms with Gasteiger partial charge in [0, 0.05) is 0 Å². The Morgan fingerprint density at radius 2 is 2.00 bits per heavy atom. The minimum absolute atomic E-state index is 0.120. The van der Waals surface area contributed by atoms with Gasteiger partial charge in [-0.05, 0) is 39.0 Å². The lowest BCUT2D eigenvalue weighted by Crippen LogP contribution is -2.32. The summed E-state index contributed by atoms with van der Waals surface area (Å²) < 4.78 is 1.50. The zero-order valence-electron chi connectivity index (χ0n) is 9.94. The topological polar surface area (TPSA) is 75.1 Å². The number of aromatic amines is 1. The standard InChI is InChI=1S/C12H14N2O3/c1-12(2,3)14-10(15)8-6-7(11(16)17)4-5-9(8)13-14/h4-6,13H,1-3H3,(H,16,17). The van der Waals surface area contributed by atoms with E-state index in [4.69, 9.17) is 5.11 Å². The smallest absolute Gasteiger partial charge is 0.335 e. The average molecular weight is 234 g/mol. The predicted octanol–water partition coefficient (Wildman–Crippen LogP) is 1.78. The number of rotatable bonds is 1. The largest absolute Gasteiger partial charge is 0.478 e. The first-order valence-corrected chi connectivity index (χ1v) is 5.29. The number of hydrogen-bond donors (Lipinski definition) is 2. The van der Waals surface area contributed by atoms with Gasteiger partial charge >= 0.3 is 5.97 Å². The Morgan fingerprint density at radius 1 is 1.35 bits per heavy atom. The molecule has 1 heterocycles. The number of aromatic carboxylic acids is 1. The Labute approximate surface area is 97.7 Å². The highest BCUT2D eigenvalue weighted by Crippen LogP contribution is 2.15. The SMILES string of the molecule is CC(C)(C)n1[nH]c2ccc(C(=O)O)cc2c1=O. The third-order valence-corrected chi connectivity index (χ3v) is 2.60. The summed E-state index contributed by atoms with van der Waals surface area (Å²) >= 11 is 0. The van der Waals surface area contributed by atoms with Crippen LogP contribution in [0.25, 0.3) is 10.9 Å². The molecule has 0 radical (unpaired) electrons. The second-order valence-corrected chi connectivity index (χ2v) is 4.99. The lowest BCUT2D eigenvalue weighted by molar-refractivity contribution is 0.0697. The Bertz CT molecular complexity index is 644. The van der Waals surface area contributed by atoms with Gasteiger partial charge in [0.05, 0.1) is 22.0 Å². The van der Waals surface area contributed by atoms with E-state index >= 15 is 0 Å². The van der Waals surface area contributed by atoms with Crippen molar-refractivity contribution in [2.24, 2.45) is 0 Å². The number of aromatic nitrogens is 2. The molecule has 0 aliphatic carbocycles. The van der Waals surface area contributed by atoms with Crippen LogP contribution in [0.4, 0.5) is 0 Å². The van der Waals surface area contributed by atoms with Crippen molar-refractivity contribution >= 4 is 16.9 Å². The first kappa shape index (κ1) is 11.4. The van der Waals surface area contributed by atoms with E-state index in [0.29, 0.717) is 10.9 Å². The highest BCUT2D eigenvalue weighted by Gasteiger charge is 2.19. The number of nitrogens with one attached hydrogen (secondary N) is 1. The van der Waals surface area contributed by atoms with Gasteiger partial charge in [-0.2, -0.15) is 0 Å². The van der Waals surface area contributed by atoms with Crippen LogP contribution in [-0.2, 0) is 5.54 Å². The third kappa shape index (κ3) is 1.84. The van der Waals surface area contributed by atoms with E-state index < -0.39 is 5.97 Å². The van der Waals surface area contributed by atoms with Crippen molar-refractivity contribution in [3.05, 3.63) is 34.1 Å². The van der Waals surface area contributed by atoms with Gasteiger partial charge in [-0.15, -0.1) is 0 Å². The molecule has 2 N–H and O–H groups in total. The number of hydrogen-bond acceptors (Lipinski definition) is 2. The van der Waals surface area contributed by atoms with Crippen molar-refractivity contribution in [2.75, 3.05) is 0 Å². The second-order valence-electron chi connectivity index (χ2n) is 4.99. The summed E-state index contributed by atoms with van der Waals surface area (Å²) in [6, 6.07) is 4.49. The highest BCUT2D eigenvalue weighted by molar-refractivity contribution is 5.93. The molecule has 0 atom stereocenters. The molecule has 0 spiro atoms. The summed E-state index contributed by atoms with van der Waals surface area (Å²) in [5.41, 5.74) is 0.208. The van der Waals surface area contributed by atoms with Crippen LogP contribution in [0.1, 0.15) is 31.1 Å². The molecule has 1 aromatic carbocycles. The van der Waals surface area contributed by atoms with Gasteiger partial charge in [0.2, 0.25) is 0 Å². The van der Waals surface area contributed by atoms with E-state index in [2.05, 4.69) is 5.10 Å². The van der Waals surface area contributed by atoms with Crippen LogP contribution in [0.5, 0.6) is 0 Å².